The molecule has 2 aliphatic rings. The molecule has 0 aromatic heterocycles. The zero-order valence-electron chi connectivity index (χ0n) is 13.8. The highest BCUT2D eigenvalue weighted by atomic mass is 16.5. The molecule has 0 spiro atoms. The summed E-state index contributed by atoms with van der Waals surface area (Å²) in [6, 6.07) is 4.05. The van der Waals surface area contributed by atoms with Gasteiger partial charge in [-0.1, -0.05) is 13.0 Å². The van der Waals surface area contributed by atoms with Gasteiger partial charge in [0, 0.05) is 18.7 Å². The highest BCUT2D eigenvalue weighted by molar-refractivity contribution is 5.86. The lowest BCUT2D eigenvalue weighted by Crippen LogP contribution is -2.46. The van der Waals surface area contributed by atoms with Gasteiger partial charge in [0.15, 0.2) is 0 Å². The Morgan fingerprint density at radius 3 is 2.61 bits per heavy atom. The van der Waals surface area contributed by atoms with E-state index in [1.807, 2.05) is 37.8 Å². The van der Waals surface area contributed by atoms with Crippen molar-refractivity contribution in [2.75, 3.05) is 19.7 Å². The van der Waals surface area contributed by atoms with Crippen molar-refractivity contribution in [3.05, 3.63) is 28.8 Å². The molecule has 3 rings (SSSR count). The van der Waals surface area contributed by atoms with Gasteiger partial charge in [0.1, 0.15) is 18.3 Å². The molecule has 0 saturated carbocycles. The van der Waals surface area contributed by atoms with E-state index < -0.39 is 5.97 Å². The van der Waals surface area contributed by atoms with Crippen LogP contribution in [0, 0.1) is 25.7 Å². The van der Waals surface area contributed by atoms with Crippen molar-refractivity contribution in [3.63, 3.8) is 0 Å². The van der Waals surface area contributed by atoms with Crippen molar-refractivity contribution in [3.8, 4) is 5.75 Å². The predicted molar refractivity (Wildman–Crippen MR) is 85.6 cm³/mol. The minimum atomic E-state index is -0.759. The van der Waals surface area contributed by atoms with Gasteiger partial charge in [0.05, 0.1) is 5.92 Å². The molecule has 0 bridgehead atoms. The van der Waals surface area contributed by atoms with Crippen LogP contribution in [0.1, 0.15) is 36.0 Å². The lowest BCUT2D eigenvalue weighted by molar-refractivity contribution is -0.148. The molecular formula is C18H23NO4. The Hall–Kier alpha value is -2.04. The number of aliphatic carboxylic acids is 1. The second-order valence-corrected chi connectivity index (χ2v) is 6.83. The average Bonchev–Trinajstić information content (AvgIpc) is 2.89. The van der Waals surface area contributed by atoms with E-state index in [-0.39, 0.29) is 23.7 Å². The van der Waals surface area contributed by atoms with Crippen molar-refractivity contribution in [1.82, 2.24) is 4.90 Å². The number of aryl methyl sites for hydroxylation is 2. The van der Waals surface area contributed by atoms with Crippen LogP contribution < -0.4 is 4.74 Å². The SMILES string of the molecule is Cc1cc2c(cc1C)C(C(=O)N1CCC(C(=O)O)C(C)C1)CO2. The van der Waals surface area contributed by atoms with E-state index in [1.165, 1.54) is 0 Å². The lowest BCUT2D eigenvalue weighted by Gasteiger charge is -2.36. The molecular weight excluding hydrogens is 294 g/mol. The number of carboxylic acid groups (broad SMARTS) is 1. The molecule has 3 atom stereocenters. The first-order valence-corrected chi connectivity index (χ1v) is 8.14. The Kier molecular flexibility index (Phi) is 4.04. The van der Waals surface area contributed by atoms with Gasteiger partial charge in [-0.05, 0) is 43.4 Å². The molecule has 23 heavy (non-hydrogen) atoms. The van der Waals surface area contributed by atoms with E-state index in [0.29, 0.717) is 26.1 Å². The van der Waals surface area contributed by atoms with Gasteiger partial charge in [-0.15, -0.1) is 0 Å². The number of carbonyl (C=O) groups is 2. The summed E-state index contributed by atoms with van der Waals surface area (Å²) in [4.78, 5) is 25.9. The highest BCUT2D eigenvalue weighted by Crippen LogP contribution is 2.38. The molecule has 0 radical (unpaired) electrons. The third-order valence-corrected chi connectivity index (χ3v) is 5.24. The number of hydrogen-bond donors (Lipinski definition) is 1. The topological polar surface area (TPSA) is 66.8 Å². The van der Waals surface area contributed by atoms with E-state index in [0.717, 1.165) is 22.4 Å². The van der Waals surface area contributed by atoms with Gasteiger partial charge in [0.25, 0.3) is 0 Å². The zero-order chi connectivity index (χ0) is 16.7. The van der Waals surface area contributed by atoms with Gasteiger partial charge in [-0.2, -0.15) is 0 Å². The summed E-state index contributed by atoms with van der Waals surface area (Å²) in [5, 5.41) is 9.21. The summed E-state index contributed by atoms with van der Waals surface area (Å²) in [5.74, 6) is -0.534. The normalized spacial score (nSPS) is 26.6. The van der Waals surface area contributed by atoms with Gasteiger partial charge in [-0.25, -0.2) is 0 Å². The number of carbonyl (C=O) groups excluding carboxylic acids is 1. The van der Waals surface area contributed by atoms with Crippen LogP contribution in [0.5, 0.6) is 5.75 Å². The number of fused-ring (bicyclic) bond motifs is 1. The molecule has 2 heterocycles. The Morgan fingerprint density at radius 1 is 1.26 bits per heavy atom. The average molecular weight is 317 g/mol. The molecule has 0 aliphatic carbocycles. The molecule has 1 amide bonds. The van der Waals surface area contributed by atoms with Gasteiger partial charge in [0.2, 0.25) is 5.91 Å². The standard InChI is InChI=1S/C18H23NO4/c1-10-6-14-15(9-23-16(14)7-11(10)2)17(20)19-5-4-13(18(21)22)12(3)8-19/h6-7,12-13,15H,4-5,8-9H2,1-3H3,(H,21,22). The molecule has 1 aromatic carbocycles. The number of likely N-dealkylation sites (tertiary alicyclic amines) is 1. The third-order valence-electron chi connectivity index (χ3n) is 5.24. The summed E-state index contributed by atoms with van der Waals surface area (Å²) < 4.78 is 5.70. The first kappa shape index (κ1) is 15.8. The number of ether oxygens (including phenoxy) is 1. The second kappa shape index (κ2) is 5.87. The van der Waals surface area contributed by atoms with Crippen molar-refractivity contribution in [2.45, 2.75) is 33.1 Å². The third kappa shape index (κ3) is 2.80. The molecule has 1 saturated heterocycles. The smallest absolute Gasteiger partial charge is 0.306 e. The van der Waals surface area contributed by atoms with Crippen LogP contribution in [0.2, 0.25) is 0 Å². The number of benzene rings is 1. The Morgan fingerprint density at radius 2 is 1.96 bits per heavy atom. The predicted octanol–water partition coefficient (Wildman–Crippen LogP) is 2.35. The van der Waals surface area contributed by atoms with Crippen molar-refractivity contribution in [2.24, 2.45) is 11.8 Å². The molecule has 124 valence electrons. The minimum Gasteiger partial charge on any atom is -0.492 e. The monoisotopic (exact) mass is 317 g/mol. The van der Waals surface area contributed by atoms with E-state index in [1.54, 1.807) is 0 Å². The minimum absolute atomic E-state index is 0.0215. The molecule has 2 aliphatic heterocycles. The molecule has 1 aromatic rings. The number of hydrogen-bond acceptors (Lipinski definition) is 3. The summed E-state index contributed by atoms with van der Waals surface area (Å²) in [6.45, 7) is 7.38. The van der Waals surface area contributed by atoms with E-state index in [4.69, 9.17) is 4.74 Å². The van der Waals surface area contributed by atoms with E-state index in [2.05, 4.69) is 0 Å². The Balaban J connectivity index is 1.76. The quantitative estimate of drug-likeness (QED) is 0.909. The molecule has 1 N–H and O–H groups in total. The number of carboxylic acids is 1. The Labute approximate surface area is 136 Å². The fourth-order valence-electron chi connectivity index (χ4n) is 3.61. The van der Waals surface area contributed by atoms with E-state index in [9.17, 15) is 14.7 Å². The van der Waals surface area contributed by atoms with Crippen LogP contribution in [0.15, 0.2) is 12.1 Å². The number of rotatable bonds is 2. The van der Waals surface area contributed by atoms with Gasteiger partial charge >= 0.3 is 5.97 Å². The van der Waals surface area contributed by atoms with Crippen LogP contribution in [0.25, 0.3) is 0 Å². The summed E-state index contributed by atoms with van der Waals surface area (Å²) in [6.07, 6.45) is 0.523. The fraction of sp³-hybridized carbons (Fsp3) is 0.556. The van der Waals surface area contributed by atoms with E-state index >= 15 is 0 Å². The van der Waals surface area contributed by atoms with Crippen LogP contribution in [0.4, 0.5) is 0 Å². The zero-order valence-corrected chi connectivity index (χ0v) is 13.8. The number of piperidine rings is 1. The van der Waals surface area contributed by atoms with Crippen molar-refractivity contribution >= 4 is 11.9 Å². The van der Waals surface area contributed by atoms with Gasteiger partial charge < -0.3 is 14.7 Å². The van der Waals surface area contributed by atoms with Crippen LogP contribution in [0.3, 0.4) is 0 Å². The Bertz CT molecular complexity index is 655. The lowest BCUT2D eigenvalue weighted by atomic mass is 9.86. The molecule has 5 heteroatoms. The van der Waals surface area contributed by atoms with Crippen LogP contribution >= 0.6 is 0 Å². The highest BCUT2D eigenvalue weighted by Gasteiger charge is 2.38. The number of amides is 1. The molecule has 3 unspecified atom stereocenters. The largest absolute Gasteiger partial charge is 0.492 e. The fourth-order valence-corrected chi connectivity index (χ4v) is 3.61. The first-order chi connectivity index (χ1) is 10.9. The van der Waals surface area contributed by atoms with Crippen molar-refractivity contribution < 1.29 is 19.4 Å². The second-order valence-electron chi connectivity index (χ2n) is 6.83. The first-order valence-electron chi connectivity index (χ1n) is 8.14. The van der Waals surface area contributed by atoms with Crippen LogP contribution in [-0.4, -0.2) is 41.6 Å². The summed E-state index contributed by atoms with van der Waals surface area (Å²) in [7, 11) is 0. The van der Waals surface area contributed by atoms with Gasteiger partial charge in [-0.3, -0.25) is 9.59 Å². The molecule has 5 nitrogen and oxygen atoms in total. The van der Waals surface area contributed by atoms with Crippen LogP contribution in [-0.2, 0) is 9.59 Å². The maximum atomic E-state index is 12.9. The maximum Gasteiger partial charge on any atom is 0.306 e. The maximum absolute atomic E-state index is 12.9. The number of nitrogens with zero attached hydrogens (tertiary/aromatic N) is 1. The van der Waals surface area contributed by atoms with Crippen molar-refractivity contribution in [1.29, 1.82) is 0 Å². The molecule has 1 fully saturated rings. The summed E-state index contributed by atoms with van der Waals surface area (Å²) in [5.41, 5.74) is 3.28. The summed E-state index contributed by atoms with van der Waals surface area (Å²) >= 11 is 0.